The Labute approximate surface area is 68.0 Å². The first-order valence-electron chi connectivity index (χ1n) is 4.07. The number of hydrogen-bond acceptors (Lipinski definition) is 2. The van der Waals surface area contributed by atoms with Crippen LogP contribution in [-0.2, 0) is 9.59 Å². The highest BCUT2D eigenvalue weighted by Gasteiger charge is 2.14. The van der Waals surface area contributed by atoms with Crippen LogP contribution in [-0.4, -0.2) is 12.1 Å². The van der Waals surface area contributed by atoms with Gasteiger partial charge in [-0.25, -0.2) is 0 Å². The molecule has 64 valence electrons. The molecule has 0 radical (unpaired) electrons. The van der Waals surface area contributed by atoms with Crippen LogP contribution in [0.2, 0.25) is 0 Å². The number of Topliss-reactive ketones (excluding diaryl/α,β-unsaturated/α-hetero) is 1. The number of ketones is 1. The maximum absolute atomic E-state index is 10.9. The molecule has 0 amide bonds. The van der Waals surface area contributed by atoms with Crippen molar-refractivity contribution in [3.8, 4) is 0 Å². The van der Waals surface area contributed by atoms with Crippen LogP contribution >= 0.6 is 0 Å². The molecular weight excluding hydrogens is 140 g/mol. The van der Waals surface area contributed by atoms with Crippen LogP contribution in [0.15, 0.2) is 0 Å². The molecule has 0 bridgehead atoms. The molecule has 0 heterocycles. The Morgan fingerprint density at radius 1 is 1.55 bits per heavy atom. The molecule has 0 aliphatic heterocycles. The van der Waals surface area contributed by atoms with E-state index in [-0.39, 0.29) is 17.6 Å². The second kappa shape index (κ2) is 5.05. The first kappa shape index (κ1) is 10.3. The van der Waals surface area contributed by atoms with Crippen molar-refractivity contribution in [3.63, 3.8) is 0 Å². The van der Waals surface area contributed by atoms with E-state index in [1.807, 2.05) is 13.8 Å². The van der Waals surface area contributed by atoms with E-state index < -0.39 is 0 Å². The van der Waals surface area contributed by atoms with Crippen LogP contribution in [0, 0.1) is 11.8 Å². The molecule has 0 N–H and O–H groups in total. The summed E-state index contributed by atoms with van der Waals surface area (Å²) in [7, 11) is 0. The average Bonchev–Trinajstić information content (AvgIpc) is 1.99. The number of aldehydes is 1. The summed E-state index contributed by atoms with van der Waals surface area (Å²) >= 11 is 0. The van der Waals surface area contributed by atoms with E-state index in [0.29, 0.717) is 6.42 Å². The molecule has 0 spiro atoms. The molecule has 0 aliphatic rings. The van der Waals surface area contributed by atoms with Gasteiger partial charge in [-0.15, -0.1) is 0 Å². The van der Waals surface area contributed by atoms with Gasteiger partial charge in [0.2, 0.25) is 0 Å². The largest absolute Gasteiger partial charge is 0.303 e. The van der Waals surface area contributed by atoms with Gasteiger partial charge in [-0.2, -0.15) is 0 Å². The summed E-state index contributed by atoms with van der Waals surface area (Å²) in [5.41, 5.74) is 0. The second-order valence-electron chi connectivity index (χ2n) is 3.06. The third-order valence-electron chi connectivity index (χ3n) is 1.96. The van der Waals surface area contributed by atoms with E-state index in [0.717, 1.165) is 12.7 Å². The summed E-state index contributed by atoms with van der Waals surface area (Å²) in [6, 6.07) is 0. The van der Waals surface area contributed by atoms with Crippen LogP contribution < -0.4 is 0 Å². The van der Waals surface area contributed by atoms with Gasteiger partial charge in [0.15, 0.2) is 0 Å². The molecule has 0 rings (SSSR count). The molecule has 11 heavy (non-hydrogen) atoms. The Morgan fingerprint density at radius 3 is 2.36 bits per heavy atom. The predicted molar refractivity (Wildman–Crippen MR) is 44.3 cm³/mol. The van der Waals surface area contributed by atoms with Crippen molar-refractivity contribution < 1.29 is 9.59 Å². The van der Waals surface area contributed by atoms with Gasteiger partial charge in [0, 0.05) is 11.8 Å². The third kappa shape index (κ3) is 3.91. The number of carbonyl (C=O) groups is 2. The zero-order valence-corrected chi connectivity index (χ0v) is 7.46. The quantitative estimate of drug-likeness (QED) is 0.569. The topological polar surface area (TPSA) is 34.1 Å². The molecule has 0 aromatic heterocycles. The first-order valence-corrected chi connectivity index (χ1v) is 4.07. The maximum Gasteiger partial charge on any atom is 0.132 e. The van der Waals surface area contributed by atoms with Crippen molar-refractivity contribution in [2.45, 2.75) is 33.6 Å². The fourth-order valence-corrected chi connectivity index (χ4v) is 1.12. The fraction of sp³-hybridized carbons (Fsp3) is 0.778. The van der Waals surface area contributed by atoms with Crippen LogP contribution in [0.4, 0.5) is 0 Å². The van der Waals surface area contributed by atoms with Crippen molar-refractivity contribution in [1.82, 2.24) is 0 Å². The Kier molecular flexibility index (Phi) is 4.75. The Morgan fingerprint density at radius 2 is 2.09 bits per heavy atom. The zero-order valence-electron chi connectivity index (χ0n) is 7.46. The molecule has 0 fully saturated rings. The molecule has 0 aromatic rings. The van der Waals surface area contributed by atoms with E-state index in [9.17, 15) is 9.59 Å². The van der Waals surface area contributed by atoms with E-state index in [2.05, 4.69) is 0 Å². The van der Waals surface area contributed by atoms with Crippen LogP contribution in [0.1, 0.15) is 33.6 Å². The monoisotopic (exact) mass is 156 g/mol. The Hall–Kier alpha value is -0.660. The molecule has 0 saturated heterocycles. The predicted octanol–water partition coefficient (Wildman–Crippen LogP) is 1.83. The third-order valence-corrected chi connectivity index (χ3v) is 1.96. The summed E-state index contributed by atoms with van der Waals surface area (Å²) < 4.78 is 0. The number of carbonyl (C=O) groups excluding carboxylic acids is 2. The first-order chi connectivity index (χ1) is 5.11. The zero-order chi connectivity index (χ0) is 8.85. The summed E-state index contributed by atoms with van der Waals surface area (Å²) in [4.78, 5) is 21.2. The lowest BCUT2D eigenvalue weighted by Gasteiger charge is -2.11. The van der Waals surface area contributed by atoms with Crippen molar-refractivity contribution in [1.29, 1.82) is 0 Å². The second-order valence-corrected chi connectivity index (χ2v) is 3.06. The van der Waals surface area contributed by atoms with E-state index >= 15 is 0 Å². The summed E-state index contributed by atoms with van der Waals surface area (Å²) in [6.45, 7) is 5.41. The molecular formula is C9H16O2. The fourth-order valence-electron chi connectivity index (χ4n) is 1.12. The molecule has 2 heteroatoms. The van der Waals surface area contributed by atoms with Gasteiger partial charge >= 0.3 is 0 Å². The van der Waals surface area contributed by atoms with Crippen molar-refractivity contribution >= 4 is 12.1 Å². The summed E-state index contributed by atoms with van der Waals surface area (Å²) in [6.07, 6.45) is 2.45. The lowest BCUT2D eigenvalue weighted by atomic mass is 9.92. The minimum absolute atomic E-state index is 0.0175. The van der Waals surface area contributed by atoms with E-state index in [4.69, 9.17) is 0 Å². The molecule has 2 unspecified atom stereocenters. The average molecular weight is 156 g/mol. The lowest BCUT2D eigenvalue weighted by Crippen LogP contribution is -2.14. The normalized spacial score (nSPS) is 15.5. The Bertz CT molecular complexity index is 140. The highest BCUT2D eigenvalue weighted by Crippen LogP contribution is 2.14. The molecule has 0 aromatic carbocycles. The SMILES string of the molecule is CCC(CC(C)C=O)C(C)=O. The van der Waals surface area contributed by atoms with Gasteiger partial charge in [-0.1, -0.05) is 13.8 Å². The van der Waals surface area contributed by atoms with Gasteiger partial charge in [0.05, 0.1) is 0 Å². The smallest absolute Gasteiger partial charge is 0.132 e. The molecule has 0 saturated carbocycles. The van der Waals surface area contributed by atoms with Gasteiger partial charge in [0.25, 0.3) is 0 Å². The highest BCUT2D eigenvalue weighted by atomic mass is 16.1. The van der Waals surface area contributed by atoms with Crippen LogP contribution in [0.3, 0.4) is 0 Å². The van der Waals surface area contributed by atoms with E-state index in [1.54, 1.807) is 6.92 Å². The van der Waals surface area contributed by atoms with Gasteiger partial charge in [-0.05, 0) is 19.8 Å². The van der Waals surface area contributed by atoms with Crippen LogP contribution in [0.5, 0.6) is 0 Å². The minimum Gasteiger partial charge on any atom is -0.303 e. The van der Waals surface area contributed by atoms with E-state index in [1.165, 1.54) is 0 Å². The standard InChI is InChI=1S/C9H16O2/c1-4-9(8(3)11)5-7(2)6-10/h6-7,9H,4-5H2,1-3H3. The van der Waals surface area contributed by atoms with Crippen LogP contribution in [0.25, 0.3) is 0 Å². The highest BCUT2D eigenvalue weighted by molar-refractivity contribution is 5.78. The molecule has 0 aliphatic carbocycles. The Balaban J connectivity index is 3.87. The van der Waals surface area contributed by atoms with Crippen molar-refractivity contribution in [2.24, 2.45) is 11.8 Å². The lowest BCUT2D eigenvalue weighted by molar-refractivity contribution is -0.121. The van der Waals surface area contributed by atoms with Gasteiger partial charge in [-0.3, -0.25) is 4.79 Å². The van der Waals surface area contributed by atoms with Gasteiger partial charge in [0.1, 0.15) is 12.1 Å². The van der Waals surface area contributed by atoms with Crippen molar-refractivity contribution in [3.05, 3.63) is 0 Å². The summed E-state index contributed by atoms with van der Waals surface area (Å²) in [5, 5.41) is 0. The van der Waals surface area contributed by atoms with Crippen molar-refractivity contribution in [2.75, 3.05) is 0 Å². The number of rotatable bonds is 5. The minimum atomic E-state index is 0.0175. The number of hydrogen-bond donors (Lipinski definition) is 0. The van der Waals surface area contributed by atoms with Gasteiger partial charge < -0.3 is 4.79 Å². The summed E-state index contributed by atoms with van der Waals surface area (Å²) in [5.74, 6) is 0.292. The maximum atomic E-state index is 10.9. The molecule has 2 nitrogen and oxygen atoms in total. The molecule has 2 atom stereocenters.